The van der Waals surface area contributed by atoms with Crippen LogP contribution in [0.15, 0.2) is 35.0 Å². The standard InChI is InChI=1S/C16H16FN3O4/c1-9(21)16(22)18-7-11-4-10-5-13(17)15(6-14(10)20-11)23-8-12-2-3-19-24-12/h2-6,9,20-21H,7-8H2,1H3,(H,18,22). The molecule has 126 valence electrons. The van der Waals surface area contributed by atoms with Gasteiger partial charge < -0.3 is 24.7 Å². The molecule has 0 radical (unpaired) electrons. The molecule has 0 bridgehead atoms. The number of hydrogen-bond donors (Lipinski definition) is 3. The Morgan fingerprint density at radius 3 is 3.04 bits per heavy atom. The highest BCUT2D eigenvalue weighted by atomic mass is 19.1. The fourth-order valence-electron chi connectivity index (χ4n) is 2.19. The third-order valence-corrected chi connectivity index (χ3v) is 3.42. The van der Waals surface area contributed by atoms with E-state index in [4.69, 9.17) is 14.4 Å². The number of aromatic amines is 1. The van der Waals surface area contributed by atoms with E-state index in [0.29, 0.717) is 22.4 Å². The number of hydrogen-bond acceptors (Lipinski definition) is 5. The van der Waals surface area contributed by atoms with Gasteiger partial charge in [0.15, 0.2) is 17.3 Å². The zero-order valence-corrected chi connectivity index (χ0v) is 12.9. The summed E-state index contributed by atoms with van der Waals surface area (Å²) in [5.41, 5.74) is 1.36. The van der Waals surface area contributed by atoms with Crippen molar-refractivity contribution in [2.45, 2.75) is 26.2 Å². The van der Waals surface area contributed by atoms with Gasteiger partial charge in [-0.1, -0.05) is 5.16 Å². The maximum absolute atomic E-state index is 14.1. The molecule has 0 fully saturated rings. The van der Waals surface area contributed by atoms with E-state index in [1.54, 1.807) is 18.2 Å². The number of nitrogens with one attached hydrogen (secondary N) is 2. The van der Waals surface area contributed by atoms with E-state index < -0.39 is 17.8 Å². The van der Waals surface area contributed by atoms with Crippen LogP contribution in [0.25, 0.3) is 10.9 Å². The minimum atomic E-state index is -1.08. The summed E-state index contributed by atoms with van der Waals surface area (Å²) in [5, 5.41) is 15.9. The molecule has 3 rings (SSSR count). The van der Waals surface area contributed by atoms with E-state index in [2.05, 4.69) is 15.5 Å². The number of halogens is 1. The zero-order chi connectivity index (χ0) is 17.1. The third kappa shape index (κ3) is 3.54. The van der Waals surface area contributed by atoms with Gasteiger partial charge in [-0.15, -0.1) is 0 Å². The van der Waals surface area contributed by atoms with Gasteiger partial charge in [0.2, 0.25) is 5.91 Å². The topological polar surface area (TPSA) is 100 Å². The Labute approximate surface area is 136 Å². The highest BCUT2D eigenvalue weighted by molar-refractivity contribution is 5.83. The lowest BCUT2D eigenvalue weighted by atomic mass is 10.2. The van der Waals surface area contributed by atoms with Gasteiger partial charge in [-0.2, -0.15) is 0 Å². The van der Waals surface area contributed by atoms with Crippen molar-refractivity contribution in [3.63, 3.8) is 0 Å². The van der Waals surface area contributed by atoms with Crippen molar-refractivity contribution in [3.05, 3.63) is 47.7 Å². The van der Waals surface area contributed by atoms with Crippen molar-refractivity contribution >= 4 is 16.8 Å². The summed E-state index contributed by atoms with van der Waals surface area (Å²) < 4.78 is 24.4. The SMILES string of the molecule is CC(O)C(=O)NCc1cc2cc(F)c(OCc3ccno3)cc2[nH]1. The van der Waals surface area contributed by atoms with Crippen LogP contribution in [0.3, 0.4) is 0 Å². The normalized spacial score (nSPS) is 12.3. The molecule has 8 heteroatoms. The molecule has 2 heterocycles. The first kappa shape index (κ1) is 16.0. The number of carbonyl (C=O) groups is 1. The Morgan fingerprint density at radius 2 is 2.33 bits per heavy atom. The highest BCUT2D eigenvalue weighted by Crippen LogP contribution is 2.26. The number of rotatable bonds is 6. The number of H-pyrrole nitrogens is 1. The average molecular weight is 333 g/mol. The zero-order valence-electron chi connectivity index (χ0n) is 12.9. The van der Waals surface area contributed by atoms with Crippen LogP contribution in [-0.4, -0.2) is 27.3 Å². The van der Waals surface area contributed by atoms with Gasteiger partial charge in [-0.05, 0) is 19.1 Å². The van der Waals surface area contributed by atoms with Crippen molar-refractivity contribution < 1.29 is 23.6 Å². The van der Waals surface area contributed by atoms with Gasteiger partial charge in [0, 0.05) is 28.7 Å². The number of aliphatic hydroxyl groups is 1. The Hall–Kier alpha value is -2.87. The van der Waals surface area contributed by atoms with Gasteiger partial charge in [0.25, 0.3) is 0 Å². The van der Waals surface area contributed by atoms with Crippen LogP contribution < -0.4 is 10.1 Å². The number of benzene rings is 1. The molecule has 0 spiro atoms. The average Bonchev–Trinajstić information content (AvgIpc) is 3.19. The van der Waals surface area contributed by atoms with Crippen LogP contribution in [0.2, 0.25) is 0 Å². The molecule has 1 unspecified atom stereocenters. The molecule has 3 aromatic rings. The van der Waals surface area contributed by atoms with Crippen molar-refractivity contribution in [1.82, 2.24) is 15.5 Å². The maximum Gasteiger partial charge on any atom is 0.248 e. The first-order chi connectivity index (χ1) is 11.5. The molecule has 24 heavy (non-hydrogen) atoms. The minimum Gasteiger partial charge on any atom is -0.482 e. The summed E-state index contributed by atoms with van der Waals surface area (Å²) in [6, 6.07) is 6.25. The van der Waals surface area contributed by atoms with Crippen LogP contribution in [0.5, 0.6) is 5.75 Å². The second kappa shape index (κ2) is 6.71. The van der Waals surface area contributed by atoms with Crippen molar-refractivity contribution in [2.24, 2.45) is 0 Å². The molecular weight excluding hydrogens is 317 g/mol. The van der Waals surface area contributed by atoms with Gasteiger partial charge in [0.05, 0.1) is 12.7 Å². The lowest BCUT2D eigenvalue weighted by molar-refractivity contribution is -0.128. The Morgan fingerprint density at radius 1 is 1.50 bits per heavy atom. The lowest BCUT2D eigenvalue weighted by Crippen LogP contribution is -2.32. The van der Waals surface area contributed by atoms with E-state index >= 15 is 0 Å². The predicted octanol–water partition coefficient (Wildman–Crippen LogP) is 1.87. The molecule has 0 aliphatic carbocycles. The summed E-state index contributed by atoms with van der Waals surface area (Å²) in [6.07, 6.45) is 0.403. The number of fused-ring (bicyclic) bond motifs is 1. The fourth-order valence-corrected chi connectivity index (χ4v) is 2.19. The molecule has 0 saturated carbocycles. The van der Waals surface area contributed by atoms with Crippen molar-refractivity contribution in [1.29, 1.82) is 0 Å². The molecule has 0 aliphatic heterocycles. The molecule has 0 saturated heterocycles. The summed E-state index contributed by atoms with van der Waals surface area (Å²) in [5.74, 6) is -0.403. The fraction of sp³-hybridized carbons (Fsp3) is 0.250. The molecule has 0 aliphatic rings. The predicted molar refractivity (Wildman–Crippen MR) is 82.6 cm³/mol. The Bertz CT molecular complexity index is 843. The molecule has 1 amide bonds. The van der Waals surface area contributed by atoms with Gasteiger partial charge in [0.1, 0.15) is 12.7 Å². The number of carbonyl (C=O) groups excluding carboxylic acids is 1. The first-order valence-electron chi connectivity index (χ1n) is 7.32. The van der Waals surface area contributed by atoms with Crippen LogP contribution >= 0.6 is 0 Å². The van der Waals surface area contributed by atoms with Gasteiger partial charge >= 0.3 is 0 Å². The largest absolute Gasteiger partial charge is 0.482 e. The lowest BCUT2D eigenvalue weighted by Gasteiger charge is -2.05. The quantitative estimate of drug-likeness (QED) is 0.639. The number of aromatic nitrogens is 2. The van der Waals surface area contributed by atoms with Crippen LogP contribution in [0, 0.1) is 5.82 Å². The van der Waals surface area contributed by atoms with Crippen LogP contribution in [-0.2, 0) is 17.9 Å². The Kier molecular flexibility index (Phi) is 4.48. The second-order valence-electron chi connectivity index (χ2n) is 5.33. The van der Waals surface area contributed by atoms with E-state index in [0.717, 1.165) is 0 Å². The number of aliphatic hydroxyl groups excluding tert-OH is 1. The second-order valence-corrected chi connectivity index (χ2v) is 5.33. The van der Waals surface area contributed by atoms with Crippen LogP contribution in [0.1, 0.15) is 18.4 Å². The monoisotopic (exact) mass is 333 g/mol. The molecule has 3 N–H and O–H groups in total. The molecule has 7 nitrogen and oxygen atoms in total. The summed E-state index contributed by atoms with van der Waals surface area (Å²) in [6.45, 7) is 1.66. The first-order valence-corrected chi connectivity index (χ1v) is 7.32. The van der Waals surface area contributed by atoms with Gasteiger partial charge in [-0.25, -0.2) is 4.39 Å². The molecule has 2 aromatic heterocycles. The number of amides is 1. The molecule has 1 atom stereocenters. The summed E-state index contributed by atoms with van der Waals surface area (Å²) in [4.78, 5) is 14.4. The number of nitrogens with zero attached hydrogens (tertiary/aromatic N) is 1. The number of ether oxygens (including phenoxy) is 1. The minimum absolute atomic E-state index is 0.0699. The van der Waals surface area contributed by atoms with Gasteiger partial charge in [-0.3, -0.25) is 4.79 Å². The maximum atomic E-state index is 14.1. The van der Waals surface area contributed by atoms with E-state index in [1.165, 1.54) is 19.2 Å². The summed E-state index contributed by atoms with van der Waals surface area (Å²) in [7, 11) is 0. The van der Waals surface area contributed by atoms with Crippen LogP contribution in [0.4, 0.5) is 4.39 Å². The van der Waals surface area contributed by atoms with Crippen molar-refractivity contribution in [2.75, 3.05) is 0 Å². The van der Waals surface area contributed by atoms with Crippen molar-refractivity contribution in [3.8, 4) is 5.75 Å². The summed E-state index contributed by atoms with van der Waals surface area (Å²) >= 11 is 0. The third-order valence-electron chi connectivity index (χ3n) is 3.42. The van der Waals surface area contributed by atoms with E-state index in [-0.39, 0.29) is 18.9 Å². The highest BCUT2D eigenvalue weighted by Gasteiger charge is 2.12. The smallest absolute Gasteiger partial charge is 0.248 e. The molecular formula is C16H16FN3O4. The van der Waals surface area contributed by atoms with E-state index in [1.807, 2.05) is 0 Å². The van der Waals surface area contributed by atoms with E-state index in [9.17, 15) is 9.18 Å². The Balaban J connectivity index is 1.73. The molecule has 1 aromatic carbocycles.